The molecular weight excluding hydrogens is 406 g/mol. The Balaban J connectivity index is 2.67. The number of aliphatic imine (C=N–C) groups is 1. The van der Waals surface area contributed by atoms with Gasteiger partial charge in [-0.2, -0.15) is 10.5 Å². The molecule has 156 valence electrons. The van der Waals surface area contributed by atoms with Gasteiger partial charge in [-0.1, -0.05) is 23.7 Å². The maximum Gasteiger partial charge on any atom is 0.336 e. The number of hydrogen-bond donors (Lipinski definition) is 0. The van der Waals surface area contributed by atoms with Crippen molar-refractivity contribution >= 4 is 29.3 Å². The third-order valence-corrected chi connectivity index (χ3v) is 5.01. The van der Waals surface area contributed by atoms with Crippen molar-refractivity contribution in [3.05, 3.63) is 45.6 Å². The lowest BCUT2D eigenvalue weighted by molar-refractivity contribution is -0.150. The quantitative estimate of drug-likeness (QED) is 0.499. The molecule has 0 amide bonds. The van der Waals surface area contributed by atoms with E-state index >= 15 is 0 Å². The first kappa shape index (κ1) is 23.1. The van der Waals surface area contributed by atoms with Gasteiger partial charge in [0.05, 0.1) is 34.8 Å². The first-order valence-electron chi connectivity index (χ1n) is 9.41. The number of carbonyl (C=O) groups excluding carboxylic acids is 2. The van der Waals surface area contributed by atoms with Crippen LogP contribution in [0.3, 0.4) is 0 Å². The number of allylic oxidation sites excluding steroid dienone is 1. The van der Waals surface area contributed by atoms with Gasteiger partial charge in [0, 0.05) is 17.3 Å². The molecule has 1 aromatic carbocycles. The van der Waals surface area contributed by atoms with E-state index in [-0.39, 0.29) is 35.3 Å². The van der Waals surface area contributed by atoms with Crippen LogP contribution in [0.2, 0.25) is 5.02 Å². The van der Waals surface area contributed by atoms with Crippen molar-refractivity contribution in [3.63, 3.8) is 0 Å². The average molecular weight is 428 g/mol. The van der Waals surface area contributed by atoms with Gasteiger partial charge in [-0.25, -0.2) is 4.79 Å². The largest absolute Gasteiger partial charge is 0.462 e. The second-order valence-corrected chi connectivity index (χ2v) is 7.44. The molecule has 2 unspecified atom stereocenters. The summed E-state index contributed by atoms with van der Waals surface area (Å²) in [5.41, 5.74) is 1.66. The van der Waals surface area contributed by atoms with Crippen molar-refractivity contribution in [1.29, 1.82) is 10.5 Å². The van der Waals surface area contributed by atoms with E-state index in [0.717, 1.165) is 0 Å². The molecule has 0 fully saturated rings. The standard InChI is InChI=1S/C22H22ClN3O4/c1-12(2)30-22(28)18-14(4)26-13(3)17(21(27)29-10-6-9-24)19(18)16-8-5-7-15(11-25)20(16)23/h5,7-8,12,18-19H,6,10H2,1-4H3. The molecule has 0 aliphatic carbocycles. The van der Waals surface area contributed by atoms with Gasteiger partial charge < -0.3 is 9.47 Å². The van der Waals surface area contributed by atoms with E-state index in [2.05, 4.69) is 4.99 Å². The molecule has 2 atom stereocenters. The van der Waals surface area contributed by atoms with Crippen LogP contribution < -0.4 is 0 Å². The van der Waals surface area contributed by atoms with Gasteiger partial charge in [0.1, 0.15) is 18.6 Å². The highest BCUT2D eigenvalue weighted by Gasteiger charge is 2.43. The number of nitriles is 2. The van der Waals surface area contributed by atoms with E-state index in [1.807, 2.05) is 12.1 Å². The van der Waals surface area contributed by atoms with E-state index in [0.29, 0.717) is 17.0 Å². The summed E-state index contributed by atoms with van der Waals surface area (Å²) in [5.74, 6) is -3.00. The third-order valence-electron chi connectivity index (χ3n) is 4.59. The summed E-state index contributed by atoms with van der Waals surface area (Å²) in [6.45, 7) is 6.69. The lowest BCUT2D eigenvalue weighted by atomic mass is 9.75. The van der Waals surface area contributed by atoms with Crippen molar-refractivity contribution < 1.29 is 19.1 Å². The van der Waals surface area contributed by atoms with Crippen LogP contribution >= 0.6 is 11.6 Å². The molecule has 1 heterocycles. The summed E-state index contributed by atoms with van der Waals surface area (Å²) in [5, 5.41) is 18.2. The highest BCUT2D eigenvalue weighted by atomic mass is 35.5. The van der Waals surface area contributed by atoms with E-state index in [1.165, 1.54) is 0 Å². The molecule has 30 heavy (non-hydrogen) atoms. The molecule has 0 saturated carbocycles. The van der Waals surface area contributed by atoms with Crippen molar-refractivity contribution in [2.75, 3.05) is 6.61 Å². The maximum absolute atomic E-state index is 13.0. The van der Waals surface area contributed by atoms with Crippen molar-refractivity contribution in [2.24, 2.45) is 10.9 Å². The minimum absolute atomic E-state index is 0.0362. The summed E-state index contributed by atoms with van der Waals surface area (Å²) >= 11 is 6.48. The number of hydrogen-bond acceptors (Lipinski definition) is 7. The molecule has 0 N–H and O–H groups in total. The van der Waals surface area contributed by atoms with Crippen LogP contribution in [0.5, 0.6) is 0 Å². The van der Waals surface area contributed by atoms with Crippen molar-refractivity contribution in [1.82, 2.24) is 0 Å². The summed E-state index contributed by atoms with van der Waals surface area (Å²) in [7, 11) is 0. The van der Waals surface area contributed by atoms with Crippen LogP contribution in [-0.2, 0) is 19.1 Å². The van der Waals surface area contributed by atoms with Crippen LogP contribution in [0.4, 0.5) is 0 Å². The van der Waals surface area contributed by atoms with E-state index in [1.54, 1.807) is 45.9 Å². The molecule has 2 rings (SSSR count). The molecule has 0 aromatic heterocycles. The monoisotopic (exact) mass is 427 g/mol. The predicted molar refractivity (Wildman–Crippen MR) is 111 cm³/mol. The van der Waals surface area contributed by atoms with Gasteiger partial charge in [0.25, 0.3) is 0 Å². The Labute approximate surface area is 180 Å². The number of esters is 2. The topological polar surface area (TPSA) is 113 Å². The minimum Gasteiger partial charge on any atom is -0.462 e. The van der Waals surface area contributed by atoms with E-state index in [9.17, 15) is 14.9 Å². The second-order valence-electron chi connectivity index (χ2n) is 7.06. The fourth-order valence-electron chi connectivity index (χ4n) is 3.39. The third kappa shape index (κ3) is 4.87. The number of ether oxygens (including phenoxy) is 2. The van der Waals surface area contributed by atoms with Crippen LogP contribution in [-0.4, -0.2) is 30.4 Å². The second kappa shape index (κ2) is 10.0. The lowest BCUT2D eigenvalue weighted by Crippen LogP contribution is -2.37. The fourth-order valence-corrected chi connectivity index (χ4v) is 3.68. The average Bonchev–Trinajstić information content (AvgIpc) is 2.67. The lowest BCUT2D eigenvalue weighted by Gasteiger charge is -2.32. The highest BCUT2D eigenvalue weighted by molar-refractivity contribution is 6.32. The summed E-state index contributed by atoms with van der Waals surface area (Å²) in [6, 6.07) is 8.78. The molecule has 0 bridgehead atoms. The fraction of sp³-hybridized carbons (Fsp3) is 0.409. The van der Waals surface area contributed by atoms with Gasteiger partial charge in [-0.15, -0.1) is 0 Å². The van der Waals surface area contributed by atoms with Crippen LogP contribution in [0.15, 0.2) is 34.5 Å². The zero-order valence-electron chi connectivity index (χ0n) is 17.2. The Morgan fingerprint density at radius 1 is 1.27 bits per heavy atom. The minimum atomic E-state index is -0.916. The van der Waals surface area contributed by atoms with Crippen LogP contribution in [0.25, 0.3) is 0 Å². The van der Waals surface area contributed by atoms with Crippen molar-refractivity contribution in [3.8, 4) is 12.1 Å². The van der Waals surface area contributed by atoms with Crippen LogP contribution in [0.1, 0.15) is 51.2 Å². The Hall–Kier alpha value is -3.16. The molecule has 1 aromatic rings. The summed E-state index contributed by atoms with van der Waals surface area (Å²) in [6.07, 6.45) is -0.334. The van der Waals surface area contributed by atoms with Crippen LogP contribution in [0, 0.1) is 28.6 Å². The zero-order valence-corrected chi connectivity index (χ0v) is 18.0. The van der Waals surface area contributed by atoms with Gasteiger partial charge in [0.15, 0.2) is 0 Å². The zero-order chi connectivity index (χ0) is 22.4. The van der Waals surface area contributed by atoms with E-state index < -0.39 is 23.8 Å². The van der Waals surface area contributed by atoms with Gasteiger partial charge in [-0.3, -0.25) is 9.79 Å². The number of halogens is 1. The Bertz CT molecular complexity index is 999. The normalized spacial score (nSPS) is 18.3. The highest BCUT2D eigenvalue weighted by Crippen LogP contribution is 2.43. The number of benzene rings is 1. The molecule has 1 aliphatic rings. The SMILES string of the molecule is CC1=NC(C)=C(C(=O)OCCC#N)C(c2cccc(C#N)c2Cl)C1C(=O)OC(C)C. The number of carbonyl (C=O) groups is 2. The molecule has 0 radical (unpaired) electrons. The smallest absolute Gasteiger partial charge is 0.336 e. The molecule has 0 saturated heterocycles. The summed E-state index contributed by atoms with van der Waals surface area (Å²) < 4.78 is 10.7. The molecule has 1 aliphatic heterocycles. The Kier molecular flexibility index (Phi) is 7.74. The number of nitrogens with zero attached hydrogens (tertiary/aromatic N) is 3. The molecule has 7 nitrogen and oxygen atoms in total. The van der Waals surface area contributed by atoms with Gasteiger partial charge in [-0.05, 0) is 39.3 Å². The molecular formula is C22H22ClN3O4. The van der Waals surface area contributed by atoms with Gasteiger partial charge in [0.2, 0.25) is 0 Å². The predicted octanol–water partition coefficient (Wildman–Crippen LogP) is 4.07. The summed E-state index contributed by atoms with van der Waals surface area (Å²) in [4.78, 5) is 30.3. The molecule has 0 spiro atoms. The first-order valence-corrected chi connectivity index (χ1v) is 9.79. The van der Waals surface area contributed by atoms with Crippen molar-refractivity contribution in [2.45, 2.75) is 46.1 Å². The maximum atomic E-state index is 13.0. The van der Waals surface area contributed by atoms with Gasteiger partial charge >= 0.3 is 11.9 Å². The Morgan fingerprint density at radius 2 is 1.97 bits per heavy atom. The van der Waals surface area contributed by atoms with E-state index in [4.69, 9.17) is 26.3 Å². The first-order chi connectivity index (χ1) is 14.2. The molecule has 8 heteroatoms. The number of rotatable bonds is 6. The Morgan fingerprint density at radius 3 is 2.57 bits per heavy atom.